The van der Waals surface area contributed by atoms with Gasteiger partial charge in [0.15, 0.2) is 0 Å². The van der Waals surface area contributed by atoms with Gasteiger partial charge in [-0.3, -0.25) is 0 Å². The van der Waals surface area contributed by atoms with Crippen molar-refractivity contribution in [2.75, 3.05) is 5.75 Å². The zero-order chi connectivity index (χ0) is 8.27. The molecule has 1 atom stereocenters. The van der Waals surface area contributed by atoms with Crippen LogP contribution in [0.5, 0.6) is 0 Å². The Morgan fingerprint density at radius 3 is 3.00 bits per heavy atom. The molecule has 0 aromatic carbocycles. The van der Waals surface area contributed by atoms with Gasteiger partial charge < -0.3 is 9.52 Å². The maximum Gasteiger partial charge on any atom is 0.255 e. The van der Waals surface area contributed by atoms with Crippen LogP contribution in [-0.4, -0.2) is 21.9 Å². The second-order valence-corrected chi connectivity index (χ2v) is 3.39. The summed E-state index contributed by atoms with van der Waals surface area (Å²) in [6, 6.07) is 0. The summed E-state index contributed by atoms with van der Waals surface area (Å²) >= 11 is 1.42. The first kappa shape index (κ1) is 8.62. The molecule has 0 aliphatic heterocycles. The summed E-state index contributed by atoms with van der Waals surface area (Å²) in [7, 11) is 0. The molecule has 0 fully saturated rings. The first-order chi connectivity index (χ1) is 5.18. The van der Waals surface area contributed by atoms with Crippen molar-refractivity contribution in [3.8, 4) is 0 Å². The van der Waals surface area contributed by atoms with Gasteiger partial charge in [-0.15, -0.1) is 0 Å². The number of hydrogen-bond acceptors (Lipinski definition) is 4. The van der Waals surface area contributed by atoms with Crippen molar-refractivity contribution in [3.05, 3.63) is 12.0 Å². The number of rotatable bonds is 3. The van der Waals surface area contributed by atoms with E-state index in [4.69, 9.17) is 9.52 Å². The van der Waals surface area contributed by atoms with E-state index in [0.29, 0.717) is 11.0 Å². The first-order valence-electron chi connectivity index (χ1n) is 3.41. The molecule has 0 saturated carbocycles. The predicted molar refractivity (Wildman–Crippen MR) is 43.6 cm³/mol. The van der Waals surface area contributed by atoms with Crippen LogP contribution in [0.4, 0.5) is 0 Å². The van der Waals surface area contributed by atoms with Crippen molar-refractivity contribution in [1.82, 2.24) is 4.98 Å². The van der Waals surface area contributed by atoms with Crippen molar-refractivity contribution in [2.45, 2.75) is 25.2 Å². The van der Waals surface area contributed by atoms with Gasteiger partial charge in [0.1, 0.15) is 6.26 Å². The molecular weight excluding hydrogens is 162 g/mol. The third-order valence-corrected chi connectivity index (χ3v) is 2.13. The van der Waals surface area contributed by atoms with E-state index in [-0.39, 0.29) is 6.10 Å². The lowest BCUT2D eigenvalue weighted by Gasteiger charge is -1.98. The second kappa shape index (κ2) is 3.78. The van der Waals surface area contributed by atoms with Gasteiger partial charge in [-0.25, -0.2) is 4.98 Å². The molecule has 1 rings (SSSR count). The highest BCUT2D eigenvalue weighted by Crippen LogP contribution is 2.17. The van der Waals surface area contributed by atoms with Gasteiger partial charge in [0.05, 0.1) is 11.8 Å². The van der Waals surface area contributed by atoms with Gasteiger partial charge in [-0.05, 0) is 13.8 Å². The Morgan fingerprint density at radius 2 is 2.55 bits per heavy atom. The molecule has 1 aromatic heterocycles. The fourth-order valence-electron chi connectivity index (χ4n) is 0.591. The van der Waals surface area contributed by atoms with Crippen LogP contribution >= 0.6 is 11.8 Å². The van der Waals surface area contributed by atoms with Crippen molar-refractivity contribution in [1.29, 1.82) is 0 Å². The lowest BCUT2D eigenvalue weighted by atomic mass is 10.5. The molecule has 0 amide bonds. The minimum atomic E-state index is -0.313. The number of aromatic nitrogens is 1. The van der Waals surface area contributed by atoms with Crippen LogP contribution in [0.3, 0.4) is 0 Å². The third kappa shape index (κ3) is 2.95. The van der Waals surface area contributed by atoms with Gasteiger partial charge in [0.25, 0.3) is 5.22 Å². The Morgan fingerprint density at radius 1 is 1.82 bits per heavy atom. The Labute approximate surface area is 69.8 Å². The zero-order valence-electron chi connectivity index (χ0n) is 6.57. The highest BCUT2D eigenvalue weighted by atomic mass is 32.2. The average Bonchev–Trinajstić information content (AvgIpc) is 2.31. The van der Waals surface area contributed by atoms with Crippen LogP contribution in [0, 0.1) is 6.92 Å². The number of aryl methyl sites for hydroxylation is 1. The van der Waals surface area contributed by atoms with Crippen molar-refractivity contribution in [3.63, 3.8) is 0 Å². The number of nitrogens with zero attached hydrogens (tertiary/aromatic N) is 1. The summed E-state index contributed by atoms with van der Waals surface area (Å²) in [5.74, 6) is 0.625. The Balaban J connectivity index is 2.39. The molecule has 1 heterocycles. The van der Waals surface area contributed by atoms with Crippen molar-refractivity contribution >= 4 is 11.8 Å². The van der Waals surface area contributed by atoms with Gasteiger partial charge in [0, 0.05) is 5.75 Å². The molecule has 1 aromatic rings. The summed E-state index contributed by atoms with van der Waals surface area (Å²) < 4.78 is 5.06. The van der Waals surface area contributed by atoms with Gasteiger partial charge in [-0.1, -0.05) is 11.8 Å². The summed E-state index contributed by atoms with van der Waals surface area (Å²) in [4.78, 5) is 4.07. The van der Waals surface area contributed by atoms with Crippen molar-refractivity contribution in [2.24, 2.45) is 0 Å². The number of aliphatic hydroxyl groups is 1. The summed E-state index contributed by atoms with van der Waals surface area (Å²) in [6.07, 6.45) is 1.29. The Hall–Kier alpha value is -0.480. The number of oxazole rings is 1. The Bertz CT molecular complexity index is 222. The molecule has 11 heavy (non-hydrogen) atoms. The molecule has 62 valence electrons. The second-order valence-electron chi connectivity index (χ2n) is 2.41. The monoisotopic (exact) mass is 173 g/mol. The van der Waals surface area contributed by atoms with Crippen LogP contribution < -0.4 is 0 Å². The van der Waals surface area contributed by atoms with Crippen LogP contribution in [-0.2, 0) is 0 Å². The highest BCUT2D eigenvalue weighted by molar-refractivity contribution is 7.99. The predicted octanol–water partition coefficient (Wildman–Crippen LogP) is 1.46. The van der Waals surface area contributed by atoms with Crippen LogP contribution in [0.2, 0.25) is 0 Å². The number of hydrogen-bond donors (Lipinski definition) is 1. The summed E-state index contributed by atoms with van der Waals surface area (Å²) in [6.45, 7) is 3.61. The molecule has 3 nitrogen and oxygen atoms in total. The third-order valence-electron chi connectivity index (χ3n) is 1.05. The topological polar surface area (TPSA) is 46.3 Å². The lowest BCUT2D eigenvalue weighted by Crippen LogP contribution is -2.02. The molecule has 0 radical (unpaired) electrons. The molecular formula is C7H11NO2S. The van der Waals surface area contributed by atoms with E-state index >= 15 is 0 Å². The number of aliphatic hydroxyl groups excluding tert-OH is 1. The standard InChI is InChI=1S/C7H11NO2S/c1-5-3-10-7(8-5)11-4-6(2)9/h3,6,9H,4H2,1-2H3/t6-/m0/s1. The largest absolute Gasteiger partial charge is 0.440 e. The molecule has 0 saturated heterocycles. The van der Waals surface area contributed by atoms with Gasteiger partial charge >= 0.3 is 0 Å². The van der Waals surface area contributed by atoms with E-state index in [1.807, 2.05) is 6.92 Å². The molecule has 0 aliphatic rings. The van der Waals surface area contributed by atoms with Gasteiger partial charge in [-0.2, -0.15) is 0 Å². The molecule has 1 N–H and O–H groups in total. The molecule has 0 bridgehead atoms. The quantitative estimate of drug-likeness (QED) is 0.703. The summed E-state index contributed by atoms with van der Waals surface area (Å²) in [5, 5.41) is 9.56. The van der Waals surface area contributed by atoms with Crippen LogP contribution in [0.25, 0.3) is 0 Å². The maximum atomic E-state index is 8.93. The highest BCUT2D eigenvalue weighted by Gasteiger charge is 2.02. The minimum absolute atomic E-state index is 0.313. The fourth-order valence-corrected chi connectivity index (χ4v) is 1.30. The van der Waals surface area contributed by atoms with E-state index in [1.54, 1.807) is 13.2 Å². The van der Waals surface area contributed by atoms with E-state index in [9.17, 15) is 0 Å². The normalized spacial score (nSPS) is 13.4. The molecule has 0 spiro atoms. The first-order valence-corrected chi connectivity index (χ1v) is 4.40. The molecule has 4 heteroatoms. The van der Waals surface area contributed by atoms with Gasteiger partial charge in [0.2, 0.25) is 0 Å². The average molecular weight is 173 g/mol. The maximum absolute atomic E-state index is 8.93. The van der Waals surface area contributed by atoms with E-state index in [1.165, 1.54) is 11.8 Å². The fraction of sp³-hybridized carbons (Fsp3) is 0.571. The van der Waals surface area contributed by atoms with E-state index in [0.717, 1.165) is 5.69 Å². The molecule has 0 aliphatic carbocycles. The number of thioether (sulfide) groups is 1. The Kier molecular flexibility index (Phi) is 2.96. The smallest absolute Gasteiger partial charge is 0.255 e. The van der Waals surface area contributed by atoms with E-state index in [2.05, 4.69) is 4.98 Å². The molecule has 0 unspecified atom stereocenters. The minimum Gasteiger partial charge on any atom is -0.440 e. The lowest BCUT2D eigenvalue weighted by molar-refractivity contribution is 0.220. The SMILES string of the molecule is Cc1coc(SC[C@H](C)O)n1. The zero-order valence-corrected chi connectivity index (χ0v) is 7.39. The van der Waals surface area contributed by atoms with E-state index < -0.39 is 0 Å². The summed E-state index contributed by atoms with van der Waals surface area (Å²) in [5.41, 5.74) is 0.873. The van der Waals surface area contributed by atoms with Crippen molar-refractivity contribution < 1.29 is 9.52 Å². The van der Waals surface area contributed by atoms with Crippen LogP contribution in [0.15, 0.2) is 15.9 Å². The van der Waals surface area contributed by atoms with Crippen LogP contribution in [0.1, 0.15) is 12.6 Å².